The molecule has 1 fully saturated rings. The number of esters is 1. The van der Waals surface area contributed by atoms with Gasteiger partial charge in [0.25, 0.3) is 0 Å². The first-order valence-corrected chi connectivity index (χ1v) is 7.86. The lowest BCUT2D eigenvalue weighted by Gasteiger charge is -2.37. The molecule has 2 heteroatoms. The zero-order valence-corrected chi connectivity index (χ0v) is 12.5. The Bertz CT molecular complexity index is 241. The van der Waals surface area contributed by atoms with Crippen LogP contribution in [0.3, 0.4) is 0 Å². The van der Waals surface area contributed by atoms with E-state index in [-0.39, 0.29) is 17.5 Å². The predicted octanol–water partition coefficient (Wildman–Crippen LogP) is 4.86. The van der Waals surface area contributed by atoms with E-state index in [2.05, 4.69) is 13.8 Å². The van der Waals surface area contributed by atoms with Gasteiger partial charge in [-0.25, -0.2) is 0 Å². The van der Waals surface area contributed by atoms with E-state index in [1.165, 1.54) is 38.5 Å². The van der Waals surface area contributed by atoms with Crippen molar-refractivity contribution in [2.45, 2.75) is 90.6 Å². The number of ether oxygens (including phenoxy) is 1. The van der Waals surface area contributed by atoms with Crippen molar-refractivity contribution in [3.8, 4) is 0 Å². The minimum atomic E-state index is -0.117. The number of carbonyl (C=O) groups is 1. The monoisotopic (exact) mass is 254 g/mol. The van der Waals surface area contributed by atoms with E-state index >= 15 is 0 Å². The summed E-state index contributed by atoms with van der Waals surface area (Å²) in [5.41, 5.74) is -0.117. The molecule has 2 nitrogen and oxygen atoms in total. The molecule has 0 N–H and O–H groups in total. The molecule has 106 valence electrons. The molecule has 0 saturated heterocycles. The van der Waals surface area contributed by atoms with Gasteiger partial charge in [-0.05, 0) is 44.9 Å². The van der Waals surface area contributed by atoms with Crippen LogP contribution in [0.2, 0.25) is 0 Å². The van der Waals surface area contributed by atoms with Crippen LogP contribution in [0.5, 0.6) is 0 Å². The molecule has 0 aromatic heterocycles. The SMILES string of the molecule is CCCCCC1(OC(=O)C(C)CC)CCCCC1. The minimum absolute atomic E-state index is 0.0240. The van der Waals surface area contributed by atoms with Crippen molar-refractivity contribution in [2.24, 2.45) is 5.92 Å². The highest BCUT2D eigenvalue weighted by Gasteiger charge is 2.36. The van der Waals surface area contributed by atoms with Gasteiger partial charge in [0.1, 0.15) is 5.60 Å². The van der Waals surface area contributed by atoms with Crippen molar-refractivity contribution in [1.29, 1.82) is 0 Å². The second-order valence-corrected chi connectivity index (χ2v) is 5.93. The molecule has 1 saturated carbocycles. The lowest BCUT2D eigenvalue weighted by molar-refractivity contribution is -0.169. The average molecular weight is 254 g/mol. The average Bonchev–Trinajstić information content (AvgIpc) is 2.39. The third kappa shape index (κ3) is 4.62. The Labute approximate surface area is 112 Å². The molecule has 0 aromatic carbocycles. The van der Waals surface area contributed by atoms with Crippen molar-refractivity contribution in [2.75, 3.05) is 0 Å². The lowest BCUT2D eigenvalue weighted by atomic mass is 9.80. The van der Waals surface area contributed by atoms with E-state index in [9.17, 15) is 4.79 Å². The standard InChI is InChI=1S/C16H30O2/c1-4-6-8-11-16(12-9-7-10-13-16)18-15(17)14(3)5-2/h14H,4-13H2,1-3H3. The minimum Gasteiger partial charge on any atom is -0.459 e. The number of carbonyl (C=O) groups excluding carboxylic acids is 1. The van der Waals surface area contributed by atoms with Gasteiger partial charge in [0, 0.05) is 0 Å². The highest BCUT2D eigenvalue weighted by molar-refractivity contribution is 5.72. The van der Waals surface area contributed by atoms with Crippen molar-refractivity contribution in [3.05, 3.63) is 0 Å². The molecule has 0 amide bonds. The first-order chi connectivity index (χ1) is 8.63. The molecular formula is C16H30O2. The summed E-state index contributed by atoms with van der Waals surface area (Å²) in [6.45, 7) is 6.25. The molecule has 0 spiro atoms. The zero-order valence-electron chi connectivity index (χ0n) is 12.5. The Kier molecular flexibility index (Phi) is 6.73. The summed E-state index contributed by atoms with van der Waals surface area (Å²) in [6, 6.07) is 0. The van der Waals surface area contributed by atoms with Crippen molar-refractivity contribution in [1.82, 2.24) is 0 Å². The van der Waals surface area contributed by atoms with Crippen LogP contribution in [0.1, 0.15) is 85.0 Å². The van der Waals surface area contributed by atoms with Crippen LogP contribution in [-0.4, -0.2) is 11.6 Å². The third-order valence-electron chi connectivity index (χ3n) is 4.33. The molecule has 18 heavy (non-hydrogen) atoms. The normalized spacial score (nSPS) is 20.4. The van der Waals surface area contributed by atoms with Crippen LogP contribution in [0, 0.1) is 5.92 Å². The summed E-state index contributed by atoms with van der Waals surface area (Å²) in [7, 11) is 0. The van der Waals surface area contributed by atoms with Crippen molar-refractivity contribution < 1.29 is 9.53 Å². The highest BCUT2D eigenvalue weighted by atomic mass is 16.6. The van der Waals surface area contributed by atoms with Gasteiger partial charge in [-0.15, -0.1) is 0 Å². The molecule has 0 aromatic rings. The van der Waals surface area contributed by atoms with Crippen LogP contribution >= 0.6 is 0 Å². The predicted molar refractivity (Wildman–Crippen MR) is 75.5 cm³/mol. The molecular weight excluding hydrogens is 224 g/mol. The van der Waals surface area contributed by atoms with Gasteiger partial charge in [-0.3, -0.25) is 4.79 Å². The van der Waals surface area contributed by atoms with Crippen molar-refractivity contribution >= 4 is 5.97 Å². The van der Waals surface area contributed by atoms with E-state index < -0.39 is 0 Å². The first-order valence-electron chi connectivity index (χ1n) is 7.86. The fourth-order valence-electron chi connectivity index (χ4n) is 2.78. The maximum absolute atomic E-state index is 12.1. The number of hydrogen-bond acceptors (Lipinski definition) is 2. The zero-order chi connectivity index (χ0) is 13.4. The summed E-state index contributed by atoms with van der Waals surface area (Å²) < 4.78 is 5.94. The molecule has 1 unspecified atom stereocenters. The second-order valence-electron chi connectivity index (χ2n) is 5.93. The highest BCUT2D eigenvalue weighted by Crippen LogP contribution is 2.36. The lowest BCUT2D eigenvalue weighted by Crippen LogP contribution is -2.38. The van der Waals surface area contributed by atoms with Gasteiger partial charge in [-0.2, -0.15) is 0 Å². The summed E-state index contributed by atoms with van der Waals surface area (Å²) in [5, 5.41) is 0. The van der Waals surface area contributed by atoms with Gasteiger partial charge in [-0.1, -0.05) is 40.0 Å². The smallest absolute Gasteiger partial charge is 0.309 e. The third-order valence-corrected chi connectivity index (χ3v) is 4.33. The van der Waals surface area contributed by atoms with E-state index in [0.29, 0.717) is 0 Å². The van der Waals surface area contributed by atoms with E-state index in [1.54, 1.807) is 0 Å². The quantitative estimate of drug-likeness (QED) is 0.479. The molecule has 1 rings (SSSR count). The van der Waals surface area contributed by atoms with Crippen LogP contribution in [0.15, 0.2) is 0 Å². The Balaban J connectivity index is 2.56. The topological polar surface area (TPSA) is 26.3 Å². The number of rotatable bonds is 7. The Morgan fingerprint density at radius 3 is 2.39 bits per heavy atom. The fourth-order valence-corrected chi connectivity index (χ4v) is 2.78. The second kappa shape index (κ2) is 7.81. The van der Waals surface area contributed by atoms with E-state index in [1.807, 2.05) is 6.92 Å². The van der Waals surface area contributed by atoms with Crippen molar-refractivity contribution in [3.63, 3.8) is 0 Å². The summed E-state index contributed by atoms with van der Waals surface area (Å²) in [4.78, 5) is 12.1. The van der Waals surface area contributed by atoms with Gasteiger partial charge in [0.05, 0.1) is 5.92 Å². The molecule has 1 aliphatic carbocycles. The van der Waals surface area contributed by atoms with Crippen LogP contribution in [0.25, 0.3) is 0 Å². The van der Waals surface area contributed by atoms with Gasteiger partial charge in [0.15, 0.2) is 0 Å². The summed E-state index contributed by atoms with van der Waals surface area (Å²) in [5.74, 6) is 0.0749. The largest absolute Gasteiger partial charge is 0.459 e. The van der Waals surface area contributed by atoms with Crippen LogP contribution in [-0.2, 0) is 9.53 Å². The Hall–Kier alpha value is -0.530. The van der Waals surface area contributed by atoms with E-state index in [0.717, 1.165) is 25.7 Å². The molecule has 1 aliphatic rings. The first kappa shape index (κ1) is 15.5. The summed E-state index contributed by atoms with van der Waals surface area (Å²) >= 11 is 0. The number of unbranched alkanes of at least 4 members (excludes halogenated alkanes) is 2. The molecule has 0 bridgehead atoms. The molecule has 0 radical (unpaired) electrons. The molecule has 1 atom stereocenters. The fraction of sp³-hybridized carbons (Fsp3) is 0.938. The van der Waals surface area contributed by atoms with Crippen LogP contribution in [0.4, 0.5) is 0 Å². The maximum atomic E-state index is 12.1. The molecule has 0 aliphatic heterocycles. The molecule has 0 heterocycles. The van der Waals surface area contributed by atoms with Gasteiger partial charge < -0.3 is 4.74 Å². The number of hydrogen-bond donors (Lipinski definition) is 0. The van der Waals surface area contributed by atoms with Gasteiger partial charge >= 0.3 is 5.97 Å². The maximum Gasteiger partial charge on any atom is 0.309 e. The Morgan fingerprint density at radius 1 is 1.17 bits per heavy atom. The van der Waals surface area contributed by atoms with Crippen LogP contribution < -0.4 is 0 Å². The van der Waals surface area contributed by atoms with E-state index in [4.69, 9.17) is 4.74 Å². The Morgan fingerprint density at radius 2 is 1.83 bits per heavy atom. The summed E-state index contributed by atoms with van der Waals surface area (Å²) in [6.07, 6.45) is 11.5. The van der Waals surface area contributed by atoms with Gasteiger partial charge in [0.2, 0.25) is 0 Å².